The van der Waals surface area contributed by atoms with E-state index in [1.54, 1.807) is 11.3 Å². The maximum atomic E-state index is 13.3. The third kappa shape index (κ3) is 3.92. The molecule has 3 saturated carbocycles. The van der Waals surface area contributed by atoms with E-state index in [0.717, 1.165) is 72.6 Å². The van der Waals surface area contributed by atoms with E-state index in [1.165, 1.54) is 29.7 Å². The van der Waals surface area contributed by atoms with Crippen LogP contribution in [-0.2, 0) is 19.4 Å². The lowest BCUT2D eigenvalue weighted by molar-refractivity contribution is -0.103. The number of rotatable bonds is 8. The summed E-state index contributed by atoms with van der Waals surface area (Å²) in [5.74, 6) is 2.90. The Labute approximate surface area is 205 Å². The monoisotopic (exact) mass is 493 g/mol. The molecular weight excluding hydrogens is 461 g/mol. The Morgan fingerprint density at radius 1 is 1.28 bits per heavy atom. The van der Waals surface area contributed by atoms with E-state index in [2.05, 4.69) is 29.9 Å². The molecule has 0 aromatic carbocycles. The normalized spacial score (nSPS) is 25.1. The van der Waals surface area contributed by atoms with Crippen molar-refractivity contribution >= 4 is 40.4 Å². The molecule has 1 N–H and O–H groups in total. The molecule has 3 unspecified atom stereocenters. The zero-order chi connectivity index (χ0) is 22.5. The minimum Gasteiger partial charge on any atom is -0.350 e. The number of nitrogens with zero attached hydrogens (tertiary/aromatic N) is 2. The molecule has 0 aliphatic heterocycles. The first-order chi connectivity index (χ1) is 15.4. The molecule has 4 nitrogen and oxygen atoms in total. The van der Waals surface area contributed by atoms with Crippen molar-refractivity contribution in [2.75, 3.05) is 12.4 Å². The highest BCUT2D eigenvalue weighted by Gasteiger charge is 2.54. The molecule has 0 saturated heterocycles. The fraction of sp³-hybridized carbons (Fsp3) is 0.680. The van der Waals surface area contributed by atoms with Gasteiger partial charge in [-0.25, -0.2) is 0 Å². The van der Waals surface area contributed by atoms with E-state index >= 15 is 0 Å². The van der Waals surface area contributed by atoms with Gasteiger partial charge in [-0.3, -0.25) is 9.48 Å². The molecule has 0 radical (unpaired) electrons. The zero-order valence-electron chi connectivity index (χ0n) is 19.1. The van der Waals surface area contributed by atoms with Gasteiger partial charge in [0.2, 0.25) is 0 Å². The van der Waals surface area contributed by atoms with Crippen LogP contribution in [0.25, 0.3) is 11.3 Å². The van der Waals surface area contributed by atoms with Gasteiger partial charge in [0.25, 0.3) is 5.91 Å². The highest BCUT2D eigenvalue weighted by atomic mass is 35.5. The Hall–Kier alpha value is -1.04. The van der Waals surface area contributed by atoms with Gasteiger partial charge in [0, 0.05) is 35.0 Å². The van der Waals surface area contributed by atoms with Crippen molar-refractivity contribution in [2.24, 2.45) is 23.2 Å². The molecule has 174 valence electrons. The molecule has 2 aromatic heterocycles. The van der Waals surface area contributed by atoms with Crippen molar-refractivity contribution in [3.05, 3.63) is 26.5 Å². The van der Waals surface area contributed by atoms with Gasteiger partial charge in [-0.1, -0.05) is 31.9 Å². The minimum atomic E-state index is -0.00946. The average Bonchev–Trinajstić information content (AvgIpc) is 3.34. The van der Waals surface area contributed by atoms with Crippen LogP contribution in [0.3, 0.4) is 0 Å². The van der Waals surface area contributed by atoms with E-state index < -0.39 is 0 Å². The van der Waals surface area contributed by atoms with Crippen LogP contribution in [0.5, 0.6) is 0 Å². The number of hydrogen-bond acceptors (Lipinski definition) is 3. The van der Waals surface area contributed by atoms with Crippen LogP contribution in [0.15, 0.2) is 6.07 Å². The summed E-state index contributed by atoms with van der Waals surface area (Å²) in [5.41, 5.74) is 4.42. The largest absolute Gasteiger partial charge is 0.350 e. The van der Waals surface area contributed by atoms with Gasteiger partial charge in [-0.15, -0.1) is 22.9 Å². The van der Waals surface area contributed by atoms with E-state index in [0.29, 0.717) is 22.9 Å². The number of unbranched alkanes of at least 4 members (excludes halogenated alkanes) is 2. The molecule has 4 aliphatic rings. The summed E-state index contributed by atoms with van der Waals surface area (Å²) in [6.45, 7) is 6.39. The Morgan fingerprint density at radius 2 is 2.12 bits per heavy atom. The number of carbonyl (C=O) groups excluding carboxylic acids is 1. The van der Waals surface area contributed by atoms with Gasteiger partial charge in [0.1, 0.15) is 0 Å². The van der Waals surface area contributed by atoms with Crippen LogP contribution < -0.4 is 5.32 Å². The SMILES string of the molecule is CC1(C)C2CCC(CNC(=O)c3nn(CCCCCCl)c4c3CCc3sc(Cl)cc3-4)C1C2. The molecule has 2 bridgehead atoms. The van der Waals surface area contributed by atoms with E-state index in [1.807, 2.05) is 0 Å². The number of carbonyl (C=O) groups is 1. The van der Waals surface area contributed by atoms with Gasteiger partial charge >= 0.3 is 0 Å². The van der Waals surface area contributed by atoms with E-state index in [9.17, 15) is 4.79 Å². The molecular formula is C25H33Cl2N3OS. The van der Waals surface area contributed by atoms with Crippen LogP contribution in [0, 0.1) is 23.2 Å². The lowest BCUT2D eigenvalue weighted by atomic mass is 9.45. The van der Waals surface area contributed by atoms with Crippen molar-refractivity contribution < 1.29 is 4.79 Å². The maximum Gasteiger partial charge on any atom is 0.272 e. The fourth-order valence-corrected chi connectivity index (χ4v) is 7.91. The van der Waals surface area contributed by atoms with Crippen LogP contribution in [0.4, 0.5) is 0 Å². The quantitative estimate of drug-likeness (QED) is 0.333. The van der Waals surface area contributed by atoms with Gasteiger partial charge in [-0.05, 0) is 74.2 Å². The summed E-state index contributed by atoms with van der Waals surface area (Å²) < 4.78 is 2.86. The highest BCUT2D eigenvalue weighted by molar-refractivity contribution is 7.16. The van der Waals surface area contributed by atoms with Crippen LogP contribution >= 0.6 is 34.5 Å². The molecule has 3 fully saturated rings. The van der Waals surface area contributed by atoms with Gasteiger partial charge in [0.05, 0.1) is 10.0 Å². The molecule has 0 spiro atoms. The second-order valence-corrected chi connectivity index (χ2v) is 12.6. The zero-order valence-corrected chi connectivity index (χ0v) is 21.4. The molecule has 3 atom stereocenters. The van der Waals surface area contributed by atoms with Crippen molar-refractivity contribution in [3.8, 4) is 11.3 Å². The lowest BCUT2D eigenvalue weighted by Crippen LogP contribution is -2.54. The van der Waals surface area contributed by atoms with Gasteiger partial charge in [0.15, 0.2) is 5.69 Å². The number of aryl methyl sites for hydroxylation is 2. The number of fused-ring (bicyclic) bond motifs is 5. The third-order valence-corrected chi connectivity index (χ3v) is 10.0. The average molecular weight is 495 g/mol. The predicted octanol–water partition coefficient (Wildman–Crippen LogP) is 6.57. The topological polar surface area (TPSA) is 46.9 Å². The molecule has 6 rings (SSSR count). The third-order valence-electron chi connectivity index (χ3n) is 8.43. The highest BCUT2D eigenvalue weighted by Crippen LogP contribution is 2.61. The number of alkyl halides is 1. The number of hydrogen-bond donors (Lipinski definition) is 1. The Bertz CT molecular complexity index is 1010. The number of halogens is 2. The van der Waals surface area contributed by atoms with Crippen molar-refractivity contribution in [1.82, 2.24) is 15.1 Å². The molecule has 7 heteroatoms. The summed E-state index contributed by atoms with van der Waals surface area (Å²) in [6, 6.07) is 2.05. The van der Waals surface area contributed by atoms with Crippen molar-refractivity contribution in [2.45, 2.75) is 71.8 Å². The Morgan fingerprint density at radius 3 is 2.88 bits per heavy atom. The Kier molecular flexibility index (Phi) is 6.37. The van der Waals surface area contributed by atoms with Crippen molar-refractivity contribution in [3.63, 3.8) is 0 Å². The number of nitrogens with one attached hydrogen (secondary N) is 1. The molecule has 32 heavy (non-hydrogen) atoms. The first-order valence-corrected chi connectivity index (χ1v) is 13.9. The smallest absolute Gasteiger partial charge is 0.272 e. The predicted molar refractivity (Wildman–Crippen MR) is 133 cm³/mol. The summed E-state index contributed by atoms with van der Waals surface area (Å²) >= 11 is 13.9. The number of amides is 1. The van der Waals surface area contributed by atoms with E-state index in [-0.39, 0.29) is 5.91 Å². The van der Waals surface area contributed by atoms with Gasteiger partial charge in [-0.2, -0.15) is 5.10 Å². The summed E-state index contributed by atoms with van der Waals surface area (Å²) in [7, 11) is 0. The van der Waals surface area contributed by atoms with Gasteiger partial charge < -0.3 is 5.32 Å². The molecule has 4 aliphatic carbocycles. The summed E-state index contributed by atoms with van der Waals surface area (Å²) in [4.78, 5) is 14.6. The fourth-order valence-electron chi connectivity index (χ4n) is 6.45. The number of aromatic nitrogens is 2. The van der Waals surface area contributed by atoms with Crippen LogP contribution in [0.2, 0.25) is 4.34 Å². The lowest BCUT2D eigenvalue weighted by Gasteiger charge is -2.60. The minimum absolute atomic E-state index is 0.00946. The van der Waals surface area contributed by atoms with E-state index in [4.69, 9.17) is 28.3 Å². The Balaban J connectivity index is 1.35. The number of thiophene rings is 1. The maximum absolute atomic E-state index is 13.3. The molecule has 2 heterocycles. The molecule has 2 aromatic rings. The second kappa shape index (κ2) is 8.96. The first kappa shape index (κ1) is 22.7. The summed E-state index contributed by atoms with van der Waals surface area (Å²) in [6.07, 6.45) is 8.74. The van der Waals surface area contributed by atoms with Crippen molar-refractivity contribution in [1.29, 1.82) is 0 Å². The summed E-state index contributed by atoms with van der Waals surface area (Å²) in [5, 5.41) is 8.13. The first-order valence-electron chi connectivity index (χ1n) is 12.1. The van der Waals surface area contributed by atoms with Crippen LogP contribution in [0.1, 0.15) is 73.3 Å². The molecule has 1 amide bonds. The van der Waals surface area contributed by atoms with Crippen LogP contribution in [-0.4, -0.2) is 28.1 Å². The second-order valence-electron chi connectivity index (χ2n) is 10.4. The standard InChI is InChI=1S/C25H33Cl2N3OS/c1-25(2)16-7-6-15(19(25)12-16)14-28-24(31)22-17-8-9-20-18(13-21(27)32-20)23(17)30(29-22)11-5-3-4-10-26/h13,15-16,19H,3-12,14H2,1-2H3,(H,28,31).